The summed E-state index contributed by atoms with van der Waals surface area (Å²) in [4.78, 5) is 0. The van der Waals surface area contributed by atoms with Crippen LogP contribution in [0.4, 0.5) is 0 Å². The van der Waals surface area contributed by atoms with Crippen molar-refractivity contribution in [2.45, 2.75) is 45.4 Å². The predicted molar refractivity (Wildman–Crippen MR) is 67.6 cm³/mol. The van der Waals surface area contributed by atoms with Crippen molar-refractivity contribution in [3.05, 3.63) is 24.5 Å². The van der Waals surface area contributed by atoms with Gasteiger partial charge in [-0.1, -0.05) is 20.8 Å². The highest BCUT2D eigenvalue weighted by atomic mass is 28.4. The van der Waals surface area contributed by atoms with Crippen molar-refractivity contribution >= 4 is 8.32 Å². The third-order valence-electron chi connectivity index (χ3n) is 3.28. The summed E-state index contributed by atoms with van der Waals surface area (Å²) < 4.78 is 8.25. The number of rotatable bonds is 4. The highest BCUT2D eigenvalue weighted by Gasteiger charge is 2.36. The summed E-state index contributed by atoms with van der Waals surface area (Å²) in [6, 6.07) is 4.10. The summed E-state index contributed by atoms with van der Waals surface area (Å²) >= 11 is 0. The molecule has 0 spiro atoms. The third kappa shape index (κ3) is 3.50. The molecule has 1 rings (SSSR count). The zero-order valence-corrected chi connectivity index (χ0v) is 11.6. The van der Waals surface area contributed by atoms with E-state index >= 15 is 0 Å². The summed E-state index contributed by atoms with van der Waals surface area (Å²) in [6.45, 7) is 13.2. The van der Waals surface area contributed by atoms with E-state index < -0.39 is 8.32 Å². The molecular weight excluding hydrogens is 202 g/mol. The van der Waals surface area contributed by atoms with Gasteiger partial charge in [0, 0.05) is 18.9 Å². The fraction of sp³-hybridized carbons (Fsp3) is 0.667. The van der Waals surface area contributed by atoms with E-state index in [9.17, 15) is 0 Å². The minimum absolute atomic E-state index is 0.309. The first-order chi connectivity index (χ1) is 6.83. The first-order valence-electron chi connectivity index (χ1n) is 5.58. The molecule has 15 heavy (non-hydrogen) atoms. The fourth-order valence-electron chi connectivity index (χ4n) is 1.14. The van der Waals surface area contributed by atoms with E-state index in [1.165, 1.54) is 0 Å². The van der Waals surface area contributed by atoms with Crippen LogP contribution in [0.15, 0.2) is 24.5 Å². The van der Waals surface area contributed by atoms with E-state index in [-0.39, 0.29) is 0 Å². The van der Waals surface area contributed by atoms with Crippen molar-refractivity contribution in [3.8, 4) is 0 Å². The molecule has 0 amide bonds. The molecule has 0 aliphatic carbocycles. The van der Waals surface area contributed by atoms with Crippen molar-refractivity contribution in [3.63, 3.8) is 0 Å². The number of aromatic nitrogens is 1. The average molecular weight is 225 g/mol. The summed E-state index contributed by atoms with van der Waals surface area (Å²) in [6.07, 6.45) is 4.16. The zero-order valence-electron chi connectivity index (χ0n) is 10.6. The van der Waals surface area contributed by atoms with Crippen LogP contribution in [0.3, 0.4) is 0 Å². The minimum atomic E-state index is -1.55. The Bertz CT molecular complexity index is 285. The molecule has 1 aromatic heterocycles. The molecule has 0 saturated carbocycles. The summed E-state index contributed by atoms with van der Waals surface area (Å²) in [7, 11) is -1.55. The first kappa shape index (κ1) is 12.5. The molecule has 0 saturated heterocycles. The van der Waals surface area contributed by atoms with Crippen molar-refractivity contribution in [1.82, 2.24) is 4.57 Å². The van der Waals surface area contributed by atoms with Crippen LogP contribution in [0.2, 0.25) is 18.1 Å². The zero-order chi connectivity index (χ0) is 11.5. The van der Waals surface area contributed by atoms with E-state index in [1.807, 2.05) is 12.1 Å². The monoisotopic (exact) mass is 225 g/mol. The number of hydrogen-bond acceptors (Lipinski definition) is 1. The molecule has 3 heteroatoms. The summed E-state index contributed by atoms with van der Waals surface area (Å²) in [5, 5.41) is 0.309. The van der Waals surface area contributed by atoms with Gasteiger partial charge in [0.15, 0.2) is 8.32 Å². The van der Waals surface area contributed by atoms with Gasteiger partial charge in [-0.05, 0) is 30.3 Å². The molecule has 0 unspecified atom stereocenters. The SMILES string of the molecule is CC(C)(C)[Si](C)(C)OCCn1cccc1. The maximum Gasteiger partial charge on any atom is 0.192 e. The Labute approximate surface area is 94.4 Å². The van der Waals surface area contributed by atoms with Gasteiger partial charge in [-0.2, -0.15) is 0 Å². The Kier molecular flexibility index (Phi) is 3.79. The first-order valence-corrected chi connectivity index (χ1v) is 8.48. The Hall–Kier alpha value is -0.543. The van der Waals surface area contributed by atoms with E-state index in [4.69, 9.17) is 4.43 Å². The molecule has 0 aliphatic heterocycles. The predicted octanol–water partition coefficient (Wildman–Crippen LogP) is 3.51. The molecule has 0 aromatic carbocycles. The van der Waals surface area contributed by atoms with Crippen LogP contribution >= 0.6 is 0 Å². The average Bonchev–Trinajstić information content (AvgIpc) is 2.54. The third-order valence-corrected chi connectivity index (χ3v) is 7.82. The van der Waals surface area contributed by atoms with E-state index in [2.05, 4.69) is 50.8 Å². The quantitative estimate of drug-likeness (QED) is 0.715. The van der Waals surface area contributed by atoms with Gasteiger partial charge in [-0.3, -0.25) is 0 Å². The van der Waals surface area contributed by atoms with Crippen LogP contribution in [0.25, 0.3) is 0 Å². The second-order valence-corrected chi connectivity index (χ2v) is 10.3. The molecule has 0 N–H and O–H groups in total. The van der Waals surface area contributed by atoms with Gasteiger partial charge in [-0.15, -0.1) is 0 Å². The van der Waals surface area contributed by atoms with E-state index in [0.717, 1.165) is 13.2 Å². The van der Waals surface area contributed by atoms with Gasteiger partial charge < -0.3 is 8.99 Å². The molecular formula is C12H23NOSi. The van der Waals surface area contributed by atoms with Crippen molar-refractivity contribution in [1.29, 1.82) is 0 Å². The van der Waals surface area contributed by atoms with Gasteiger partial charge in [0.2, 0.25) is 0 Å². The molecule has 0 radical (unpaired) electrons. The summed E-state index contributed by atoms with van der Waals surface area (Å²) in [5.41, 5.74) is 0. The van der Waals surface area contributed by atoms with Crippen LogP contribution in [-0.4, -0.2) is 19.5 Å². The molecule has 86 valence electrons. The standard InChI is InChI=1S/C12H23NOSi/c1-12(2,3)15(4,5)14-11-10-13-8-6-7-9-13/h6-9H,10-11H2,1-5H3. The van der Waals surface area contributed by atoms with Gasteiger partial charge in [0.05, 0.1) is 6.61 Å². The Morgan fingerprint density at radius 2 is 1.67 bits per heavy atom. The molecule has 0 fully saturated rings. The van der Waals surface area contributed by atoms with Gasteiger partial charge in [-0.25, -0.2) is 0 Å². The Morgan fingerprint density at radius 3 is 2.13 bits per heavy atom. The van der Waals surface area contributed by atoms with E-state index in [1.54, 1.807) is 0 Å². The maximum absolute atomic E-state index is 6.09. The molecule has 0 bridgehead atoms. The van der Waals surface area contributed by atoms with Crippen LogP contribution in [0.1, 0.15) is 20.8 Å². The lowest BCUT2D eigenvalue weighted by Gasteiger charge is -2.36. The summed E-state index contributed by atoms with van der Waals surface area (Å²) in [5.74, 6) is 0. The maximum atomic E-state index is 6.09. The smallest absolute Gasteiger partial charge is 0.192 e. The van der Waals surface area contributed by atoms with Crippen LogP contribution in [0.5, 0.6) is 0 Å². The normalized spacial score (nSPS) is 13.1. The van der Waals surface area contributed by atoms with Crippen molar-refractivity contribution in [2.75, 3.05) is 6.61 Å². The Morgan fingerprint density at radius 1 is 1.13 bits per heavy atom. The van der Waals surface area contributed by atoms with Crippen molar-refractivity contribution in [2.24, 2.45) is 0 Å². The minimum Gasteiger partial charge on any atom is -0.415 e. The lowest BCUT2D eigenvalue weighted by atomic mass is 10.2. The second-order valence-electron chi connectivity index (χ2n) is 5.53. The highest BCUT2D eigenvalue weighted by Crippen LogP contribution is 2.36. The van der Waals surface area contributed by atoms with E-state index in [0.29, 0.717) is 5.04 Å². The topological polar surface area (TPSA) is 14.2 Å². The molecule has 0 atom stereocenters. The van der Waals surface area contributed by atoms with Gasteiger partial charge >= 0.3 is 0 Å². The number of nitrogens with zero attached hydrogens (tertiary/aromatic N) is 1. The second kappa shape index (κ2) is 4.54. The highest BCUT2D eigenvalue weighted by molar-refractivity contribution is 6.74. The van der Waals surface area contributed by atoms with Crippen LogP contribution < -0.4 is 0 Å². The van der Waals surface area contributed by atoms with Crippen LogP contribution in [0, 0.1) is 0 Å². The molecule has 1 aromatic rings. The lowest BCUT2D eigenvalue weighted by molar-refractivity contribution is 0.272. The van der Waals surface area contributed by atoms with Gasteiger partial charge in [0.25, 0.3) is 0 Å². The van der Waals surface area contributed by atoms with Gasteiger partial charge in [0.1, 0.15) is 0 Å². The molecule has 1 heterocycles. The largest absolute Gasteiger partial charge is 0.415 e. The van der Waals surface area contributed by atoms with Crippen LogP contribution in [-0.2, 0) is 11.0 Å². The molecule has 2 nitrogen and oxygen atoms in total. The fourth-order valence-corrected chi connectivity index (χ4v) is 2.18. The number of hydrogen-bond donors (Lipinski definition) is 0. The van der Waals surface area contributed by atoms with Crippen molar-refractivity contribution < 1.29 is 4.43 Å². The Balaban J connectivity index is 2.37. The lowest BCUT2D eigenvalue weighted by Crippen LogP contribution is -2.41. The molecule has 0 aliphatic rings.